The standard InChI is InChI=1S/C17H16N2O5/c1-9-4-5-10(11(8-9)19(22)23)18-14(20)12-13(15(18)21)17(3)7-6-16(12,2)24-17/h4-8,12-13H,1-3H3/t12-,13-,16+,17+/m1/s1. The quantitative estimate of drug-likeness (QED) is 0.359. The highest BCUT2D eigenvalue weighted by Crippen LogP contribution is 2.57. The lowest BCUT2D eigenvalue weighted by Crippen LogP contribution is -2.39. The highest BCUT2D eigenvalue weighted by atomic mass is 16.6. The predicted molar refractivity (Wildman–Crippen MR) is 84.3 cm³/mol. The Morgan fingerprint density at radius 2 is 1.67 bits per heavy atom. The lowest BCUT2D eigenvalue weighted by Gasteiger charge is -2.25. The molecule has 2 bridgehead atoms. The van der Waals surface area contributed by atoms with Crippen LogP contribution in [0.5, 0.6) is 0 Å². The maximum atomic E-state index is 13.0. The average molecular weight is 328 g/mol. The third-order valence-corrected chi connectivity index (χ3v) is 5.29. The average Bonchev–Trinajstić information content (AvgIpc) is 3.04. The first-order valence-corrected chi connectivity index (χ1v) is 7.71. The molecule has 7 heteroatoms. The van der Waals surface area contributed by atoms with Crippen molar-refractivity contribution in [1.29, 1.82) is 0 Å². The van der Waals surface area contributed by atoms with Crippen LogP contribution in [0.1, 0.15) is 19.4 Å². The first-order valence-electron chi connectivity index (χ1n) is 7.71. The molecule has 124 valence electrons. The van der Waals surface area contributed by atoms with Gasteiger partial charge in [-0.2, -0.15) is 0 Å². The molecule has 0 aromatic heterocycles. The minimum absolute atomic E-state index is 0.0293. The molecule has 2 saturated heterocycles. The first-order chi connectivity index (χ1) is 11.2. The Labute approximate surface area is 138 Å². The summed E-state index contributed by atoms with van der Waals surface area (Å²) in [6.07, 6.45) is 3.62. The van der Waals surface area contributed by atoms with Gasteiger partial charge in [-0.25, -0.2) is 4.90 Å². The van der Waals surface area contributed by atoms with Crippen molar-refractivity contribution < 1.29 is 19.2 Å². The second-order valence-corrected chi connectivity index (χ2v) is 7.02. The van der Waals surface area contributed by atoms with Crippen molar-refractivity contribution in [3.05, 3.63) is 46.0 Å². The van der Waals surface area contributed by atoms with Crippen molar-refractivity contribution in [2.24, 2.45) is 11.8 Å². The third kappa shape index (κ3) is 1.65. The SMILES string of the molecule is Cc1ccc(N2C(=O)[C@H]3[C@H](C2=O)[C@]2(C)C=C[C@]3(C)O2)c([N+](=O)[O-])c1. The fourth-order valence-electron chi connectivity index (χ4n) is 4.24. The second-order valence-electron chi connectivity index (χ2n) is 7.02. The van der Waals surface area contributed by atoms with Gasteiger partial charge in [0.2, 0.25) is 11.8 Å². The zero-order valence-corrected chi connectivity index (χ0v) is 13.5. The Kier molecular flexibility index (Phi) is 2.69. The van der Waals surface area contributed by atoms with Crippen LogP contribution in [0.25, 0.3) is 0 Å². The lowest BCUT2D eigenvalue weighted by atomic mass is 9.73. The normalized spacial score (nSPS) is 36.5. The molecular formula is C17H16N2O5. The van der Waals surface area contributed by atoms with E-state index < -0.39 is 39.8 Å². The van der Waals surface area contributed by atoms with Crippen LogP contribution >= 0.6 is 0 Å². The summed E-state index contributed by atoms with van der Waals surface area (Å²) in [6.45, 7) is 5.27. The van der Waals surface area contributed by atoms with Crippen LogP contribution in [0, 0.1) is 28.9 Å². The molecule has 0 spiro atoms. The Morgan fingerprint density at radius 3 is 2.17 bits per heavy atom. The van der Waals surface area contributed by atoms with E-state index in [4.69, 9.17) is 4.74 Å². The van der Waals surface area contributed by atoms with Crippen LogP contribution in [0.2, 0.25) is 0 Å². The van der Waals surface area contributed by atoms with Crippen molar-refractivity contribution in [2.75, 3.05) is 4.90 Å². The van der Waals surface area contributed by atoms with Gasteiger partial charge >= 0.3 is 0 Å². The zero-order chi connectivity index (χ0) is 17.4. The molecule has 7 nitrogen and oxygen atoms in total. The van der Waals surface area contributed by atoms with Crippen LogP contribution in [0.4, 0.5) is 11.4 Å². The van der Waals surface area contributed by atoms with Gasteiger partial charge in [0.05, 0.1) is 28.0 Å². The molecule has 0 aliphatic carbocycles. The molecule has 0 unspecified atom stereocenters. The van der Waals surface area contributed by atoms with Crippen LogP contribution in [-0.2, 0) is 14.3 Å². The third-order valence-electron chi connectivity index (χ3n) is 5.29. The fraction of sp³-hybridized carbons (Fsp3) is 0.412. The second kappa shape index (κ2) is 4.30. The smallest absolute Gasteiger partial charge is 0.293 e. The van der Waals surface area contributed by atoms with Crippen LogP contribution in [0.15, 0.2) is 30.4 Å². The topological polar surface area (TPSA) is 89.8 Å². The number of anilines is 1. The lowest BCUT2D eigenvalue weighted by molar-refractivity contribution is -0.384. The van der Waals surface area contributed by atoms with Crippen LogP contribution in [0.3, 0.4) is 0 Å². The number of rotatable bonds is 2. The van der Waals surface area contributed by atoms with Crippen LogP contribution in [-0.4, -0.2) is 27.9 Å². The van der Waals surface area contributed by atoms with Crippen LogP contribution < -0.4 is 4.90 Å². The number of amides is 2. The summed E-state index contributed by atoms with van der Waals surface area (Å²) in [7, 11) is 0. The van der Waals surface area contributed by atoms with Crippen molar-refractivity contribution >= 4 is 23.2 Å². The first kappa shape index (κ1) is 15.0. The van der Waals surface area contributed by atoms with E-state index in [1.807, 2.05) is 12.2 Å². The van der Waals surface area contributed by atoms with E-state index in [1.54, 1.807) is 26.8 Å². The minimum Gasteiger partial charge on any atom is -0.359 e. The van der Waals surface area contributed by atoms with Gasteiger partial charge in [0, 0.05) is 6.07 Å². The molecule has 4 atom stereocenters. The van der Waals surface area contributed by atoms with E-state index in [2.05, 4.69) is 0 Å². The van der Waals surface area contributed by atoms with Gasteiger partial charge in [-0.05, 0) is 32.4 Å². The molecule has 1 aromatic carbocycles. The highest BCUT2D eigenvalue weighted by molar-refractivity contribution is 6.24. The molecule has 3 heterocycles. The summed E-state index contributed by atoms with van der Waals surface area (Å²) < 4.78 is 5.92. The van der Waals surface area contributed by atoms with Gasteiger partial charge in [0.1, 0.15) is 5.69 Å². The predicted octanol–water partition coefficient (Wildman–Crippen LogP) is 2.13. The van der Waals surface area contributed by atoms with Crippen molar-refractivity contribution in [2.45, 2.75) is 32.0 Å². The van der Waals surface area contributed by atoms with Crippen molar-refractivity contribution in [1.82, 2.24) is 0 Å². The molecule has 0 saturated carbocycles. The molecule has 0 radical (unpaired) electrons. The monoisotopic (exact) mass is 328 g/mol. The number of fused-ring (bicyclic) bond motifs is 5. The summed E-state index contributed by atoms with van der Waals surface area (Å²) in [5, 5.41) is 11.4. The molecule has 3 aliphatic heterocycles. The summed E-state index contributed by atoms with van der Waals surface area (Å²) in [4.78, 5) is 37.7. The molecule has 0 N–H and O–H groups in total. The van der Waals surface area contributed by atoms with Crippen molar-refractivity contribution in [3.63, 3.8) is 0 Å². The number of hydrogen-bond acceptors (Lipinski definition) is 5. The van der Waals surface area contributed by atoms with Gasteiger partial charge in [-0.15, -0.1) is 0 Å². The fourth-order valence-corrected chi connectivity index (χ4v) is 4.24. The molecule has 2 fully saturated rings. The molecule has 4 rings (SSSR count). The zero-order valence-electron chi connectivity index (χ0n) is 13.5. The van der Waals surface area contributed by atoms with Gasteiger partial charge in [-0.3, -0.25) is 19.7 Å². The number of ether oxygens (including phenoxy) is 1. The summed E-state index contributed by atoms with van der Waals surface area (Å²) >= 11 is 0. The maximum Gasteiger partial charge on any atom is 0.293 e. The van der Waals surface area contributed by atoms with Gasteiger partial charge < -0.3 is 4.74 Å². The number of nitro benzene ring substituents is 1. The van der Waals surface area contributed by atoms with E-state index in [9.17, 15) is 19.7 Å². The van der Waals surface area contributed by atoms with E-state index in [-0.39, 0.29) is 11.4 Å². The number of nitro groups is 1. The number of benzene rings is 1. The van der Waals surface area contributed by atoms with E-state index >= 15 is 0 Å². The molecule has 2 amide bonds. The van der Waals surface area contributed by atoms with E-state index in [0.29, 0.717) is 5.56 Å². The molecule has 3 aliphatic rings. The van der Waals surface area contributed by atoms with Gasteiger partial charge in [-0.1, -0.05) is 18.2 Å². The van der Waals surface area contributed by atoms with Crippen molar-refractivity contribution in [3.8, 4) is 0 Å². The van der Waals surface area contributed by atoms with Gasteiger partial charge in [0.15, 0.2) is 0 Å². The van der Waals surface area contributed by atoms with Gasteiger partial charge in [0.25, 0.3) is 5.69 Å². The number of carbonyl (C=O) groups excluding carboxylic acids is 2. The highest BCUT2D eigenvalue weighted by Gasteiger charge is 2.70. The number of aryl methyl sites for hydroxylation is 1. The Hall–Kier alpha value is -2.54. The van der Waals surface area contributed by atoms with E-state index in [1.165, 1.54) is 12.1 Å². The van der Waals surface area contributed by atoms with E-state index in [0.717, 1.165) is 4.90 Å². The summed E-state index contributed by atoms with van der Waals surface area (Å²) in [6, 6.07) is 4.49. The number of imide groups is 1. The summed E-state index contributed by atoms with van der Waals surface area (Å²) in [5.74, 6) is -2.18. The molecule has 1 aromatic rings. The Balaban J connectivity index is 1.85. The Bertz CT molecular complexity index is 811. The number of carbonyl (C=O) groups is 2. The Morgan fingerprint density at radius 1 is 1.12 bits per heavy atom. The molecule has 24 heavy (non-hydrogen) atoms. The largest absolute Gasteiger partial charge is 0.359 e. The maximum absolute atomic E-state index is 13.0. The summed E-state index contributed by atoms with van der Waals surface area (Å²) in [5.41, 5.74) is -1.22. The minimum atomic E-state index is -0.847. The molecular weight excluding hydrogens is 312 g/mol. The number of nitrogens with zero attached hydrogens (tertiary/aromatic N) is 2. The number of hydrogen-bond donors (Lipinski definition) is 0.